The van der Waals surface area contributed by atoms with Crippen LogP contribution >= 0.6 is 0 Å². The van der Waals surface area contributed by atoms with Crippen LogP contribution in [0.3, 0.4) is 0 Å². The van der Waals surface area contributed by atoms with Crippen molar-refractivity contribution < 1.29 is 14.3 Å². The van der Waals surface area contributed by atoms with E-state index in [0.29, 0.717) is 6.04 Å². The summed E-state index contributed by atoms with van der Waals surface area (Å²) in [4.78, 5) is 15.0. The summed E-state index contributed by atoms with van der Waals surface area (Å²) < 4.78 is 10.8. The van der Waals surface area contributed by atoms with Gasteiger partial charge in [0, 0.05) is 45.6 Å². The van der Waals surface area contributed by atoms with Gasteiger partial charge in [0.15, 0.2) is 0 Å². The molecule has 0 aromatic carbocycles. The number of carbonyl (C=O) groups excluding carboxylic acids is 1. The van der Waals surface area contributed by atoms with Crippen LogP contribution in [0.4, 0.5) is 0 Å². The molecule has 1 N–H and O–H groups in total. The van der Waals surface area contributed by atoms with Crippen molar-refractivity contribution in [2.75, 3.05) is 46.1 Å². The Bertz CT molecular complexity index is 352. The molecule has 0 aromatic heterocycles. The number of piperidine rings is 1. The summed E-state index contributed by atoms with van der Waals surface area (Å²) in [7, 11) is 0. The number of hydrogen-bond acceptors (Lipinski definition) is 4. The van der Waals surface area contributed by atoms with Crippen LogP contribution in [0.15, 0.2) is 0 Å². The lowest BCUT2D eigenvalue weighted by Gasteiger charge is -2.36. The van der Waals surface area contributed by atoms with Crippen LogP contribution in [-0.4, -0.2) is 62.9 Å². The smallest absolute Gasteiger partial charge is 0.224 e. The Morgan fingerprint density at radius 2 is 1.68 bits per heavy atom. The lowest BCUT2D eigenvalue weighted by Crippen LogP contribution is -2.48. The standard InChI is InChI=1S/C17H30N2O3/c20-17(18-16-5-10-22-11-6-16)15-2-1-7-19(13-15)12-14-3-8-21-9-4-14/h14-16H,1-13H2,(H,18,20). The second-order valence-electron chi connectivity index (χ2n) is 7.05. The first-order chi connectivity index (χ1) is 10.8. The number of nitrogens with zero attached hydrogens (tertiary/aromatic N) is 1. The van der Waals surface area contributed by atoms with Gasteiger partial charge in [-0.15, -0.1) is 0 Å². The van der Waals surface area contributed by atoms with Gasteiger partial charge < -0.3 is 19.7 Å². The van der Waals surface area contributed by atoms with Gasteiger partial charge in [-0.2, -0.15) is 0 Å². The van der Waals surface area contributed by atoms with Crippen LogP contribution in [0.2, 0.25) is 0 Å². The van der Waals surface area contributed by atoms with Gasteiger partial charge in [0.2, 0.25) is 5.91 Å². The average molecular weight is 310 g/mol. The highest BCUT2D eigenvalue weighted by atomic mass is 16.5. The van der Waals surface area contributed by atoms with E-state index in [9.17, 15) is 4.79 Å². The van der Waals surface area contributed by atoms with E-state index in [1.165, 1.54) is 12.8 Å². The molecule has 0 aliphatic carbocycles. The molecular weight excluding hydrogens is 280 g/mol. The van der Waals surface area contributed by atoms with Crippen molar-refractivity contribution in [2.24, 2.45) is 11.8 Å². The van der Waals surface area contributed by atoms with Crippen molar-refractivity contribution in [3.05, 3.63) is 0 Å². The molecule has 3 aliphatic heterocycles. The van der Waals surface area contributed by atoms with Gasteiger partial charge in [0.05, 0.1) is 5.92 Å². The first-order valence-electron chi connectivity index (χ1n) is 8.99. The molecule has 3 fully saturated rings. The van der Waals surface area contributed by atoms with Gasteiger partial charge in [-0.05, 0) is 51.0 Å². The van der Waals surface area contributed by atoms with E-state index in [1.807, 2.05) is 0 Å². The van der Waals surface area contributed by atoms with Crippen molar-refractivity contribution >= 4 is 5.91 Å². The number of nitrogens with one attached hydrogen (secondary N) is 1. The third kappa shape index (κ3) is 4.67. The number of likely N-dealkylation sites (tertiary alicyclic amines) is 1. The highest BCUT2D eigenvalue weighted by Gasteiger charge is 2.29. The van der Waals surface area contributed by atoms with Crippen LogP contribution in [-0.2, 0) is 14.3 Å². The Morgan fingerprint density at radius 3 is 2.41 bits per heavy atom. The van der Waals surface area contributed by atoms with E-state index in [4.69, 9.17) is 9.47 Å². The molecule has 22 heavy (non-hydrogen) atoms. The average Bonchev–Trinajstić information content (AvgIpc) is 2.57. The van der Waals surface area contributed by atoms with Crippen LogP contribution in [0.25, 0.3) is 0 Å². The zero-order valence-electron chi connectivity index (χ0n) is 13.6. The van der Waals surface area contributed by atoms with Gasteiger partial charge in [0.25, 0.3) is 0 Å². The quantitative estimate of drug-likeness (QED) is 0.853. The molecule has 126 valence electrons. The summed E-state index contributed by atoms with van der Waals surface area (Å²) in [6.45, 7) is 6.62. The van der Waals surface area contributed by atoms with Gasteiger partial charge in [-0.1, -0.05) is 0 Å². The minimum atomic E-state index is 0.177. The third-order valence-corrected chi connectivity index (χ3v) is 5.30. The fourth-order valence-electron chi connectivity index (χ4n) is 3.89. The molecule has 0 spiro atoms. The summed E-state index contributed by atoms with van der Waals surface area (Å²) in [6.07, 6.45) is 6.47. The SMILES string of the molecule is O=C(NC1CCOCC1)C1CCCN(CC2CCOCC2)C1. The van der Waals surface area contributed by atoms with Gasteiger partial charge >= 0.3 is 0 Å². The zero-order chi connectivity index (χ0) is 15.2. The lowest BCUT2D eigenvalue weighted by atomic mass is 9.93. The summed E-state index contributed by atoms with van der Waals surface area (Å²) in [6, 6.07) is 0.326. The van der Waals surface area contributed by atoms with Gasteiger partial charge in [-0.25, -0.2) is 0 Å². The number of rotatable bonds is 4. The maximum Gasteiger partial charge on any atom is 0.224 e. The molecule has 1 amide bonds. The fraction of sp³-hybridized carbons (Fsp3) is 0.941. The summed E-state index contributed by atoms with van der Waals surface area (Å²) >= 11 is 0. The monoisotopic (exact) mass is 310 g/mol. The Labute approximate surface area is 133 Å². The first-order valence-corrected chi connectivity index (χ1v) is 8.99. The summed E-state index contributed by atoms with van der Waals surface area (Å²) in [5, 5.41) is 3.25. The Morgan fingerprint density at radius 1 is 1.00 bits per heavy atom. The molecule has 3 heterocycles. The maximum absolute atomic E-state index is 12.5. The predicted molar refractivity (Wildman–Crippen MR) is 84.7 cm³/mol. The van der Waals surface area contributed by atoms with E-state index < -0.39 is 0 Å². The van der Waals surface area contributed by atoms with E-state index in [0.717, 1.165) is 77.7 Å². The predicted octanol–water partition coefficient (Wildman–Crippen LogP) is 1.42. The van der Waals surface area contributed by atoms with Crippen molar-refractivity contribution in [1.29, 1.82) is 0 Å². The molecule has 5 nitrogen and oxygen atoms in total. The molecule has 1 unspecified atom stereocenters. The molecule has 0 bridgehead atoms. The second-order valence-corrected chi connectivity index (χ2v) is 7.05. The highest BCUT2D eigenvalue weighted by Crippen LogP contribution is 2.22. The van der Waals surface area contributed by atoms with E-state index in [1.54, 1.807) is 0 Å². The van der Waals surface area contributed by atoms with Crippen LogP contribution in [0.1, 0.15) is 38.5 Å². The first kappa shape index (κ1) is 16.2. The van der Waals surface area contributed by atoms with Gasteiger partial charge in [0.1, 0.15) is 0 Å². The van der Waals surface area contributed by atoms with E-state index in [-0.39, 0.29) is 11.8 Å². The molecule has 0 saturated carbocycles. The number of amides is 1. The normalized spacial score (nSPS) is 29.4. The lowest BCUT2D eigenvalue weighted by molar-refractivity contribution is -0.128. The largest absolute Gasteiger partial charge is 0.381 e. The number of hydrogen-bond donors (Lipinski definition) is 1. The maximum atomic E-state index is 12.5. The molecule has 1 atom stereocenters. The van der Waals surface area contributed by atoms with Crippen molar-refractivity contribution in [3.8, 4) is 0 Å². The molecule has 0 radical (unpaired) electrons. The van der Waals surface area contributed by atoms with E-state index in [2.05, 4.69) is 10.2 Å². The highest BCUT2D eigenvalue weighted by molar-refractivity contribution is 5.79. The minimum Gasteiger partial charge on any atom is -0.381 e. The van der Waals surface area contributed by atoms with Crippen LogP contribution < -0.4 is 5.32 Å². The van der Waals surface area contributed by atoms with Crippen molar-refractivity contribution in [3.63, 3.8) is 0 Å². The third-order valence-electron chi connectivity index (χ3n) is 5.30. The topological polar surface area (TPSA) is 50.8 Å². The van der Waals surface area contributed by atoms with Gasteiger partial charge in [-0.3, -0.25) is 4.79 Å². The van der Waals surface area contributed by atoms with E-state index >= 15 is 0 Å². The fourth-order valence-corrected chi connectivity index (χ4v) is 3.89. The van der Waals surface area contributed by atoms with Crippen LogP contribution in [0, 0.1) is 11.8 Å². The molecule has 3 saturated heterocycles. The molecule has 3 rings (SSSR count). The second kappa shape index (κ2) is 8.27. The minimum absolute atomic E-state index is 0.177. The Balaban J connectivity index is 1.43. The summed E-state index contributed by atoms with van der Waals surface area (Å²) in [5.41, 5.74) is 0. The Kier molecular flexibility index (Phi) is 6.10. The zero-order valence-corrected chi connectivity index (χ0v) is 13.6. The van der Waals surface area contributed by atoms with Crippen molar-refractivity contribution in [1.82, 2.24) is 10.2 Å². The number of ether oxygens (including phenoxy) is 2. The molecular formula is C17H30N2O3. The molecule has 5 heteroatoms. The summed E-state index contributed by atoms with van der Waals surface area (Å²) in [5.74, 6) is 1.20. The van der Waals surface area contributed by atoms with Crippen LogP contribution in [0.5, 0.6) is 0 Å². The molecule has 0 aromatic rings. The van der Waals surface area contributed by atoms with Crippen molar-refractivity contribution in [2.45, 2.75) is 44.6 Å². The Hall–Kier alpha value is -0.650. The molecule has 3 aliphatic rings. The number of carbonyl (C=O) groups is 1.